The van der Waals surface area contributed by atoms with Gasteiger partial charge in [0.05, 0.1) is 11.5 Å². The molecule has 1 aliphatic rings. The summed E-state index contributed by atoms with van der Waals surface area (Å²) in [6.45, 7) is 0.930. The minimum atomic E-state index is -3.04. The summed E-state index contributed by atoms with van der Waals surface area (Å²) >= 11 is 0. The Bertz CT molecular complexity index is 404. The third-order valence-corrected chi connectivity index (χ3v) is 4.18. The zero-order valence-electron chi connectivity index (χ0n) is 9.38. The van der Waals surface area contributed by atoms with Crippen LogP contribution in [0.15, 0.2) is 0 Å². The van der Waals surface area contributed by atoms with E-state index in [1.54, 1.807) is 0 Å². The zero-order chi connectivity index (χ0) is 13.1. The van der Waals surface area contributed by atoms with Crippen molar-refractivity contribution in [3.05, 3.63) is 0 Å². The molecule has 0 aromatic heterocycles. The lowest BCUT2D eigenvalue weighted by atomic mass is 10.2. The largest absolute Gasteiger partial charge is 0.479 e. The van der Waals surface area contributed by atoms with Crippen molar-refractivity contribution in [2.24, 2.45) is 0 Å². The van der Waals surface area contributed by atoms with Gasteiger partial charge in [-0.25, -0.2) is 13.2 Å². The predicted molar refractivity (Wildman–Crippen MR) is 58.3 cm³/mol. The molecule has 7 nitrogen and oxygen atoms in total. The van der Waals surface area contributed by atoms with Gasteiger partial charge >= 0.3 is 5.97 Å². The van der Waals surface area contributed by atoms with Crippen LogP contribution in [0.5, 0.6) is 0 Å². The van der Waals surface area contributed by atoms with Gasteiger partial charge in [-0.3, -0.25) is 4.79 Å². The second-order valence-electron chi connectivity index (χ2n) is 3.96. The summed E-state index contributed by atoms with van der Waals surface area (Å²) in [7, 11) is -3.04. The predicted octanol–water partition coefficient (Wildman–Crippen LogP) is -1.22. The fourth-order valence-electron chi connectivity index (χ4n) is 1.45. The first kappa shape index (κ1) is 13.9. The van der Waals surface area contributed by atoms with Crippen LogP contribution in [0, 0.1) is 0 Å². The standard InChI is InChI=1S/C9H15NO6S/c1-6(9(12)13)16-4-8(11)10-7-2-3-17(14,15)5-7/h6-7H,2-5H2,1H3,(H,10,11)(H,12,13)/t6-,7?/m0/s1. The molecule has 1 aliphatic heterocycles. The molecule has 2 atom stereocenters. The van der Waals surface area contributed by atoms with E-state index in [0.29, 0.717) is 6.42 Å². The third-order valence-electron chi connectivity index (χ3n) is 2.41. The molecule has 0 saturated carbocycles. The van der Waals surface area contributed by atoms with E-state index in [9.17, 15) is 18.0 Å². The highest BCUT2D eigenvalue weighted by Crippen LogP contribution is 2.10. The van der Waals surface area contributed by atoms with E-state index in [4.69, 9.17) is 9.84 Å². The second kappa shape index (κ2) is 5.46. The fraction of sp³-hybridized carbons (Fsp3) is 0.778. The topological polar surface area (TPSA) is 110 Å². The summed E-state index contributed by atoms with van der Waals surface area (Å²) in [6, 6.07) is -0.392. The lowest BCUT2D eigenvalue weighted by Gasteiger charge is -2.12. The van der Waals surface area contributed by atoms with Crippen molar-refractivity contribution in [3.63, 3.8) is 0 Å². The number of nitrogens with one attached hydrogen (secondary N) is 1. The number of hydrogen-bond acceptors (Lipinski definition) is 5. The van der Waals surface area contributed by atoms with Crippen molar-refractivity contribution in [3.8, 4) is 0 Å². The third kappa shape index (κ3) is 4.70. The molecule has 1 heterocycles. The maximum absolute atomic E-state index is 11.3. The number of carbonyl (C=O) groups excluding carboxylic acids is 1. The van der Waals surface area contributed by atoms with Crippen molar-refractivity contribution >= 4 is 21.7 Å². The quantitative estimate of drug-likeness (QED) is 0.644. The molecule has 0 aromatic rings. The molecule has 0 aromatic carbocycles. The van der Waals surface area contributed by atoms with Crippen LogP contribution in [0.4, 0.5) is 0 Å². The molecular formula is C9H15NO6S. The number of ether oxygens (including phenoxy) is 1. The van der Waals surface area contributed by atoms with Crippen LogP contribution < -0.4 is 5.32 Å². The van der Waals surface area contributed by atoms with Crippen LogP contribution in [0.25, 0.3) is 0 Å². The number of aliphatic carboxylic acids is 1. The molecule has 0 bridgehead atoms. The Hall–Kier alpha value is -1.15. The highest BCUT2D eigenvalue weighted by Gasteiger charge is 2.29. The maximum Gasteiger partial charge on any atom is 0.332 e. The normalized spacial score (nSPS) is 24.2. The van der Waals surface area contributed by atoms with Crippen LogP contribution >= 0.6 is 0 Å². The van der Waals surface area contributed by atoms with Gasteiger partial charge in [0.1, 0.15) is 6.61 Å². The minimum absolute atomic E-state index is 0.0623. The van der Waals surface area contributed by atoms with Crippen LogP contribution in [-0.4, -0.2) is 55.7 Å². The molecule has 1 saturated heterocycles. The van der Waals surface area contributed by atoms with Crippen molar-refractivity contribution in [1.29, 1.82) is 0 Å². The smallest absolute Gasteiger partial charge is 0.332 e. The van der Waals surface area contributed by atoms with E-state index in [-0.39, 0.29) is 18.1 Å². The van der Waals surface area contributed by atoms with Gasteiger partial charge in [0, 0.05) is 6.04 Å². The number of hydrogen-bond donors (Lipinski definition) is 2. The van der Waals surface area contributed by atoms with E-state index in [1.807, 2.05) is 0 Å². The second-order valence-corrected chi connectivity index (χ2v) is 6.19. The molecule has 17 heavy (non-hydrogen) atoms. The SMILES string of the molecule is C[C@H](OCC(=O)NC1CCS(=O)(=O)C1)C(=O)O. The van der Waals surface area contributed by atoms with E-state index in [1.165, 1.54) is 6.92 Å². The summed E-state index contributed by atoms with van der Waals surface area (Å²) < 4.78 is 27.0. The molecule has 2 N–H and O–H groups in total. The number of rotatable bonds is 5. The molecule has 8 heteroatoms. The van der Waals surface area contributed by atoms with Gasteiger partial charge in [0.25, 0.3) is 0 Å². The Morgan fingerprint density at radius 1 is 1.53 bits per heavy atom. The van der Waals surface area contributed by atoms with E-state index in [2.05, 4.69) is 5.32 Å². The maximum atomic E-state index is 11.3. The van der Waals surface area contributed by atoms with Crippen molar-refractivity contribution in [1.82, 2.24) is 5.32 Å². The van der Waals surface area contributed by atoms with E-state index in [0.717, 1.165) is 0 Å². The molecule has 1 rings (SSSR count). The Kier molecular flexibility index (Phi) is 4.47. The van der Waals surface area contributed by atoms with Gasteiger partial charge in [0.15, 0.2) is 15.9 Å². The lowest BCUT2D eigenvalue weighted by molar-refractivity contribution is -0.150. The number of sulfone groups is 1. The summed E-state index contributed by atoms with van der Waals surface area (Å²) in [5.74, 6) is -1.64. The van der Waals surface area contributed by atoms with Gasteiger partial charge in [-0.1, -0.05) is 0 Å². The summed E-state index contributed by atoms with van der Waals surface area (Å²) in [5, 5.41) is 11.0. The summed E-state index contributed by atoms with van der Waals surface area (Å²) in [4.78, 5) is 21.7. The molecule has 98 valence electrons. The van der Waals surface area contributed by atoms with Crippen molar-refractivity contribution in [2.45, 2.75) is 25.5 Å². The minimum Gasteiger partial charge on any atom is -0.479 e. The van der Waals surface area contributed by atoms with Gasteiger partial charge in [-0.15, -0.1) is 0 Å². The Labute approximate surface area is 99.1 Å². The lowest BCUT2D eigenvalue weighted by Crippen LogP contribution is -2.39. The molecule has 0 spiro atoms. The Morgan fingerprint density at radius 3 is 2.65 bits per heavy atom. The molecule has 0 aliphatic carbocycles. The molecule has 0 radical (unpaired) electrons. The first-order chi connectivity index (χ1) is 7.80. The number of carboxylic acid groups (broad SMARTS) is 1. The number of carboxylic acids is 1. The van der Waals surface area contributed by atoms with Crippen LogP contribution in [0.3, 0.4) is 0 Å². The van der Waals surface area contributed by atoms with Crippen LogP contribution in [0.2, 0.25) is 0 Å². The molecular weight excluding hydrogens is 250 g/mol. The van der Waals surface area contributed by atoms with Gasteiger partial charge in [0.2, 0.25) is 5.91 Å². The average Bonchev–Trinajstić information content (AvgIpc) is 2.54. The zero-order valence-corrected chi connectivity index (χ0v) is 10.2. The number of amides is 1. The van der Waals surface area contributed by atoms with Crippen molar-refractivity contribution in [2.75, 3.05) is 18.1 Å². The first-order valence-corrected chi connectivity index (χ1v) is 6.96. The van der Waals surface area contributed by atoms with Crippen LogP contribution in [0.1, 0.15) is 13.3 Å². The monoisotopic (exact) mass is 265 g/mol. The Balaban J connectivity index is 2.29. The van der Waals surface area contributed by atoms with E-state index >= 15 is 0 Å². The summed E-state index contributed by atoms with van der Waals surface area (Å²) in [6.07, 6.45) is -0.671. The van der Waals surface area contributed by atoms with Crippen LogP contribution in [-0.2, 0) is 24.2 Å². The van der Waals surface area contributed by atoms with Crippen molar-refractivity contribution < 1.29 is 27.9 Å². The average molecular weight is 265 g/mol. The highest BCUT2D eigenvalue weighted by atomic mass is 32.2. The molecule has 1 unspecified atom stereocenters. The van der Waals surface area contributed by atoms with Gasteiger partial charge in [-0.2, -0.15) is 0 Å². The number of carbonyl (C=O) groups is 2. The van der Waals surface area contributed by atoms with Gasteiger partial charge in [-0.05, 0) is 13.3 Å². The highest BCUT2D eigenvalue weighted by molar-refractivity contribution is 7.91. The molecule has 1 amide bonds. The summed E-state index contributed by atoms with van der Waals surface area (Å²) in [5.41, 5.74) is 0. The van der Waals surface area contributed by atoms with Gasteiger partial charge < -0.3 is 15.2 Å². The molecule has 1 fully saturated rings. The first-order valence-electron chi connectivity index (χ1n) is 5.14. The Morgan fingerprint density at radius 2 is 2.18 bits per heavy atom. The fourth-order valence-corrected chi connectivity index (χ4v) is 3.12. The van der Waals surface area contributed by atoms with E-state index < -0.39 is 33.9 Å².